The van der Waals surface area contributed by atoms with E-state index in [1.807, 2.05) is 60.7 Å². The Morgan fingerprint density at radius 3 is 1.28 bits per heavy atom. The van der Waals surface area contributed by atoms with Crippen molar-refractivity contribution in [2.24, 2.45) is 22.1 Å². The average Bonchev–Trinajstić information content (AvgIpc) is 2.89. The lowest BCUT2D eigenvalue weighted by molar-refractivity contribution is -0.172. The summed E-state index contributed by atoms with van der Waals surface area (Å²) < 4.78 is 12.3. The Balaban J connectivity index is 2.74. The molecule has 0 aliphatic carbocycles. The maximum absolute atomic E-state index is 12.9. The third-order valence-electron chi connectivity index (χ3n) is 6.04. The van der Waals surface area contributed by atoms with Crippen LogP contribution in [0.15, 0.2) is 70.9 Å². The lowest BCUT2D eigenvalue weighted by Gasteiger charge is -2.34. The first-order chi connectivity index (χ1) is 17.2. The monoisotopic (exact) mass is 494 g/mol. The van der Waals surface area contributed by atoms with Crippen LogP contribution in [0.2, 0.25) is 0 Å². The number of nitrogens with zero attached hydrogens (tertiary/aromatic N) is 2. The predicted octanol–water partition coefficient (Wildman–Crippen LogP) is 7.92. The molecule has 6 heteroatoms. The van der Waals surface area contributed by atoms with Crippen LogP contribution in [0.25, 0.3) is 0 Å². The molecule has 0 aromatic heterocycles. The number of ether oxygens (including phenoxy) is 2. The van der Waals surface area contributed by atoms with Gasteiger partial charge in [-0.2, -0.15) is 0 Å². The van der Waals surface area contributed by atoms with Gasteiger partial charge in [0.05, 0.1) is 11.8 Å². The van der Waals surface area contributed by atoms with E-state index < -0.39 is 11.4 Å². The first-order valence-electron chi connectivity index (χ1n) is 13.2. The molecule has 2 atom stereocenters. The zero-order chi connectivity index (χ0) is 26.6. The van der Waals surface area contributed by atoms with Gasteiger partial charge in [0.1, 0.15) is 0 Å². The molecule has 0 aliphatic heterocycles. The number of unbranched alkanes of at least 4 members (excludes halogenated alkanes) is 2. The van der Waals surface area contributed by atoms with Crippen molar-refractivity contribution in [2.75, 3.05) is 0 Å². The van der Waals surface area contributed by atoms with E-state index in [1.165, 1.54) is 0 Å². The minimum absolute atomic E-state index is 0.331. The number of esters is 2. The first kappa shape index (κ1) is 29.2. The molecule has 2 unspecified atom stereocenters. The second-order valence-electron chi connectivity index (χ2n) is 9.86. The molecule has 0 fully saturated rings. The topological polar surface area (TPSA) is 77.3 Å². The Bertz CT molecular complexity index is 895. The molecule has 2 aromatic rings. The Kier molecular flexibility index (Phi) is 11.3. The molecule has 0 amide bonds. The largest absolute Gasteiger partial charge is 0.431 e. The third-order valence-corrected chi connectivity index (χ3v) is 6.04. The second kappa shape index (κ2) is 13.9. The van der Waals surface area contributed by atoms with Crippen LogP contribution in [0, 0.1) is 11.8 Å². The summed E-state index contributed by atoms with van der Waals surface area (Å²) in [5.74, 6) is -1.37. The van der Waals surface area contributed by atoms with Gasteiger partial charge in [-0.15, -0.1) is 10.2 Å². The molecule has 2 aromatic carbocycles. The number of azo groups is 1. The Hall–Kier alpha value is -3.02. The lowest BCUT2D eigenvalue weighted by atomic mass is 9.96. The van der Waals surface area contributed by atoms with E-state index in [4.69, 9.17) is 19.7 Å². The molecular weight excluding hydrogens is 452 g/mol. The van der Waals surface area contributed by atoms with E-state index in [-0.39, 0.29) is 23.8 Å². The molecule has 0 aliphatic rings. The summed E-state index contributed by atoms with van der Waals surface area (Å²) in [5, 5.41) is 9.61. The van der Waals surface area contributed by atoms with Crippen LogP contribution < -0.4 is 0 Å². The van der Waals surface area contributed by atoms with Gasteiger partial charge in [0.15, 0.2) is 0 Å². The number of hydrogen-bond acceptors (Lipinski definition) is 6. The van der Waals surface area contributed by atoms with Crippen LogP contribution in [-0.2, 0) is 30.5 Å². The predicted molar refractivity (Wildman–Crippen MR) is 142 cm³/mol. The molecule has 0 saturated heterocycles. The highest BCUT2D eigenvalue weighted by Gasteiger charge is 2.42. The summed E-state index contributed by atoms with van der Waals surface area (Å²) in [6.07, 6.45) is 4.27. The van der Waals surface area contributed by atoms with Crippen LogP contribution in [0.3, 0.4) is 0 Å². The molecule has 2 rings (SSSR count). The molecule has 0 radical (unpaired) electrons. The Morgan fingerprint density at radius 1 is 0.667 bits per heavy atom. The summed E-state index contributed by atoms with van der Waals surface area (Å²) in [7, 11) is 0. The number of hydrogen-bond donors (Lipinski definition) is 0. The number of carbonyl (C=O) groups is 2. The number of carbonyl (C=O) groups excluding carboxylic acids is 2. The van der Waals surface area contributed by atoms with Gasteiger partial charge in [-0.1, -0.05) is 115 Å². The van der Waals surface area contributed by atoms with E-state index in [1.54, 1.807) is 27.7 Å². The van der Waals surface area contributed by atoms with Gasteiger partial charge in [-0.3, -0.25) is 9.59 Å². The lowest BCUT2D eigenvalue weighted by Crippen LogP contribution is -2.36. The fourth-order valence-electron chi connectivity index (χ4n) is 3.72. The van der Waals surface area contributed by atoms with Crippen molar-refractivity contribution in [1.82, 2.24) is 0 Å². The van der Waals surface area contributed by atoms with E-state index in [0.717, 1.165) is 36.8 Å². The second-order valence-corrected chi connectivity index (χ2v) is 9.86. The van der Waals surface area contributed by atoms with E-state index in [0.29, 0.717) is 12.8 Å². The van der Waals surface area contributed by atoms with Crippen molar-refractivity contribution >= 4 is 11.9 Å². The summed E-state index contributed by atoms with van der Waals surface area (Å²) in [4.78, 5) is 25.8. The Morgan fingerprint density at radius 2 is 1.00 bits per heavy atom. The first-order valence-corrected chi connectivity index (χ1v) is 13.2. The molecule has 0 bridgehead atoms. The number of benzene rings is 2. The molecular formula is C30H42N2O4. The maximum Gasteiger partial charge on any atom is 0.310 e. The van der Waals surface area contributed by atoms with Crippen molar-refractivity contribution in [3.63, 3.8) is 0 Å². The van der Waals surface area contributed by atoms with Crippen LogP contribution >= 0.6 is 0 Å². The fraction of sp³-hybridized carbons (Fsp3) is 0.533. The molecule has 6 nitrogen and oxygen atoms in total. The van der Waals surface area contributed by atoms with Gasteiger partial charge in [0.25, 0.3) is 0 Å². The van der Waals surface area contributed by atoms with Crippen LogP contribution in [0.1, 0.15) is 91.2 Å². The smallest absolute Gasteiger partial charge is 0.310 e. The molecule has 36 heavy (non-hydrogen) atoms. The normalized spacial score (nSPS) is 15.0. The van der Waals surface area contributed by atoms with E-state index in [9.17, 15) is 9.59 Å². The van der Waals surface area contributed by atoms with Gasteiger partial charge >= 0.3 is 11.9 Å². The molecule has 0 saturated carbocycles. The fourth-order valence-corrected chi connectivity index (χ4v) is 3.72. The van der Waals surface area contributed by atoms with Crippen LogP contribution in [-0.4, -0.2) is 11.9 Å². The van der Waals surface area contributed by atoms with Gasteiger partial charge < -0.3 is 9.47 Å². The highest BCUT2D eigenvalue weighted by Crippen LogP contribution is 2.40. The van der Waals surface area contributed by atoms with Gasteiger partial charge in [0.2, 0.25) is 11.4 Å². The third kappa shape index (κ3) is 7.74. The number of rotatable bonds is 14. The van der Waals surface area contributed by atoms with Gasteiger partial charge in [-0.25, -0.2) is 0 Å². The van der Waals surface area contributed by atoms with E-state index >= 15 is 0 Å². The summed E-state index contributed by atoms with van der Waals surface area (Å²) >= 11 is 0. The van der Waals surface area contributed by atoms with Crippen molar-refractivity contribution < 1.29 is 19.1 Å². The van der Waals surface area contributed by atoms with Crippen molar-refractivity contribution in [2.45, 2.75) is 91.5 Å². The van der Waals surface area contributed by atoms with Crippen LogP contribution in [0.5, 0.6) is 0 Å². The molecule has 0 spiro atoms. The average molecular weight is 495 g/mol. The highest BCUT2D eigenvalue weighted by molar-refractivity contribution is 5.72. The van der Waals surface area contributed by atoms with Crippen molar-refractivity contribution in [3.05, 3.63) is 71.8 Å². The van der Waals surface area contributed by atoms with E-state index in [2.05, 4.69) is 13.8 Å². The standard InChI is InChI=1S/C30H42N2O4/c1-7-9-21-29(35-27(33)23(3)4,25-17-13-11-14-18-25)31-32-30(22-10-8-2,36-28(34)24(5)6)26-19-15-12-16-20-26/h11-20,23-24H,7-10,21-22H2,1-6H3/b32-31+. The van der Waals surface area contributed by atoms with Gasteiger partial charge in [0, 0.05) is 24.0 Å². The quantitative estimate of drug-likeness (QED) is 0.197. The SMILES string of the molecule is CCCCC(/N=N/C(CCCC)(OC(=O)C(C)C)c1ccccc1)(OC(=O)C(C)C)c1ccccc1. The molecule has 0 N–H and O–H groups in total. The van der Waals surface area contributed by atoms with Crippen LogP contribution in [0.4, 0.5) is 0 Å². The summed E-state index contributed by atoms with van der Waals surface area (Å²) in [6.45, 7) is 11.4. The minimum Gasteiger partial charge on any atom is -0.431 e. The van der Waals surface area contributed by atoms with Crippen molar-refractivity contribution in [3.8, 4) is 0 Å². The summed E-state index contributed by atoms with van der Waals surface area (Å²) in [6, 6.07) is 19.0. The van der Waals surface area contributed by atoms with Gasteiger partial charge in [-0.05, 0) is 12.8 Å². The van der Waals surface area contributed by atoms with Crippen molar-refractivity contribution in [1.29, 1.82) is 0 Å². The minimum atomic E-state index is -1.32. The molecule has 0 heterocycles. The Labute approximate surface area is 216 Å². The zero-order valence-electron chi connectivity index (χ0n) is 22.7. The zero-order valence-corrected chi connectivity index (χ0v) is 22.7. The summed E-state index contributed by atoms with van der Waals surface area (Å²) in [5.41, 5.74) is -1.17. The molecule has 196 valence electrons. The highest BCUT2D eigenvalue weighted by atomic mass is 16.6. The maximum atomic E-state index is 12.9.